The van der Waals surface area contributed by atoms with Gasteiger partial charge in [-0.1, -0.05) is 0 Å². The second kappa shape index (κ2) is 5.87. The average molecular weight is 260 g/mol. The first-order valence-electron chi connectivity index (χ1n) is 6.70. The van der Waals surface area contributed by atoms with E-state index in [0.717, 1.165) is 37.2 Å². The number of Topliss-reactive ketones (excluding diaryl/α,β-unsaturated/α-hetero) is 1. The van der Waals surface area contributed by atoms with Crippen LogP contribution in [0.2, 0.25) is 0 Å². The number of primary amides is 1. The van der Waals surface area contributed by atoms with Crippen molar-refractivity contribution in [3.8, 4) is 0 Å². The lowest BCUT2D eigenvalue weighted by Crippen LogP contribution is -2.35. The molecular weight excluding hydrogens is 240 g/mol. The number of nitrogens with zero attached hydrogens (tertiary/aromatic N) is 1. The van der Waals surface area contributed by atoms with Crippen molar-refractivity contribution in [3.63, 3.8) is 0 Å². The fourth-order valence-electron chi connectivity index (χ4n) is 2.59. The van der Waals surface area contributed by atoms with Gasteiger partial charge in [0.1, 0.15) is 0 Å². The van der Waals surface area contributed by atoms with Crippen LogP contribution in [0.15, 0.2) is 24.3 Å². The normalized spacial score (nSPS) is 16.4. The molecule has 1 saturated heterocycles. The van der Waals surface area contributed by atoms with Gasteiger partial charge in [0.2, 0.25) is 5.91 Å². The molecule has 0 unspecified atom stereocenters. The number of anilines is 1. The minimum Gasteiger partial charge on any atom is -0.372 e. The zero-order valence-corrected chi connectivity index (χ0v) is 11.3. The largest absolute Gasteiger partial charge is 0.372 e. The molecule has 2 N–H and O–H groups in total. The molecule has 1 aromatic rings. The van der Waals surface area contributed by atoms with Crippen molar-refractivity contribution < 1.29 is 9.59 Å². The quantitative estimate of drug-likeness (QED) is 0.842. The molecule has 0 aromatic heterocycles. The van der Waals surface area contributed by atoms with Gasteiger partial charge < -0.3 is 10.6 Å². The van der Waals surface area contributed by atoms with Gasteiger partial charge in [-0.3, -0.25) is 9.59 Å². The minimum absolute atomic E-state index is 0.0896. The zero-order valence-electron chi connectivity index (χ0n) is 11.3. The Morgan fingerprint density at radius 3 is 2.26 bits per heavy atom. The number of benzene rings is 1. The Hall–Kier alpha value is -1.84. The smallest absolute Gasteiger partial charge is 0.217 e. The number of amides is 1. The van der Waals surface area contributed by atoms with E-state index >= 15 is 0 Å². The predicted octanol–water partition coefficient (Wildman–Crippen LogP) is 1.98. The average Bonchev–Trinajstić information content (AvgIpc) is 2.39. The summed E-state index contributed by atoms with van der Waals surface area (Å²) in [6, 6.07) is 7.72. The van der Waals surface area contributed by atoms with E-state index in [2.05, 4.69) is 4.90 Å². The van der Waals surface area contributed by atoms with Gasteiger partial charge in [-0.2, -0.15) is 0 Å². The fourth-order valence-corrected chi connectivity index (χ4v) is 2.59. The van der Waals surface area contributed by atoms with Gasteiger partial charge in [-0.05, 0) is 49.9 Å². The Morgan fingerprint density at radius 1 is 1.21 bits per heavy atom. The Kier molecular flexibility index (Phi) is 4.20. The molecule has 0 aliphatic carbocycles. The highest BCUT2D eigenvalue weighted by Gasteiger charge is 2.20. The van der Waals surface area contributed by atoms with Gasteiger partial charge >= 0.3 is 0 Å². The van der Waals surface area contributed by atoms with E-state index in [1.165, 1.54) is 0 Å². The summed E-state index contributed by atoms with van der Waals surface area (Å²) in [6.45, 7) is 3.46. The maximum absolute atomic E-state index is 11.2. The molecule has 1 aliphatic rings. The first kappa shape index (κ1) is 13.6. The lowest BCUT2D eigenvalue weighted by Gasteiger charge is -2.33. The molecule has 19 heavy (non-hydrogen) atoms. The van der Waals surface area contributed by atoms with Crippen LogP contribution in [0.25, 0.3) is 0 Å². The van der Waals surface area contributed by atoms with E-state index in [0.29, 0.717) is 12.3 Å². The van der Waals surface area contributed by atoms with Crippen molar-refractivity contribution in [1.82, 2.24) is 0 Å². The third-order valence-electron chi connectivity index (χ3n) is 3.74. The SMILES string of the molecule is CC(=O)c1ccc(N2CCC(CC(N)=O)CC2)cc1. The molecule has 102 valence electrons. The summed E-state index contributed by atoms with van der Waals surface area (Å²) < 4.78 is 0. The van der Waals surface area contributed by atoms with Gasteiger partial charge in [0.05, 0.1) is 0 Å². The third-order valence-corrected chi connectivity index (χ3v) is 3.74. The van der Waals surface area contributed by atoms with E-state index in [1.54, 1.807) is 6.92 Å². The molecular formula is C15H20N2O2. The molecule has 1 aromatic carbocycles. The first-order chi connectivity index (χ1) is 9.06. The molecule has 1 amide bonds. The summed E-state index contributed by atoms with van der Waals surface area (Å²) in [4.78, 5) is 24.4. The second-order valence-electron chi connectivity index (χ2n) is 5.20. The molecule has 0 bridgehead atoms. The molecule has 4 nitrogen and oxygen atoms in total. The van der Waals surface area contributed by atoms with E-state index in [-0.39, 0.29) is 11.7 Å². The third kappa shape index (κ3) is 3.56. The highest BCUT2D eigenvalue weighted by molar-refractivity contribution is 5.94. The van der Waals surface area contributed by atoms with E-state index in [4.69, 9.17) is 5.73 Å². The van der Waals surface area contributed by atoms with Crippen molar-refractivity contribution in [3.05, 3.63) is 29.8 Å². The highest BCUT2D eigenvalue weighted by atomic mass is 16.1. The van der Waals surface area contributed by atoms with Crippen LogP contribution in [0.1, 0.15) is 36.5 Å². The van der Waals surface area contributed by atoms with Crippen LogP contribution in [0.4, 0.5) is 5.69 Å². The fraction of sp³-hybridized carbons (Fsp3) is 0.467. The number of hydrogen-bond acceptors (Lipinski definition) is 3. The molecule has 1 heterocycles. The molecule has 0 saturated carbocycles. The molecule has 4 heteroatoms. The maximum atomic E-state index is 11.2. The van der Waals surface area contributed by atoms with Crippen LogP contribution in [0.3, 0.4) is 0 Å². The topological polar surface area (TPSA) is 63.4 Å². The van der Waals surface area contributed by atoms with Crippen LogP contribution in [-0.2, 0) is 4.79 Å². The standard InChI is InChI=1S/C15H20N2O2/c1-11(18)13-2-4-14(5-3-13)17-8-6-12(7-9-17)10-15(16)19/h2-5,12H,6-10H2,1H3,(H2,16,19). The lowest BCUT2D eigenvalue weighted by molar-refractivity contribution is -0.119. The Bertz CT molecular complexity index is 460. The van der Waals surface area contributed by atoms with Crippen LogP contribution >= 0.6 is 0 Å². The number of piperidine rings is 1. The predicted molar refractivity (Wildman–Crippen MR) is 75.2 cm³/mol. The molecule has 1 aliphatic heterocycles. The summed E-state index contributed by atoms with van der Waals surface area (Å²) in [7, 11) is 0. The van der Waals surface area contributed by atoms with Crippen LogP contribution in [0, 0.1) is 5.92 Å². The van der Waals surface area contributed by atoms with Gasteiger partial charge in [-0.25, -0.2) is 0 Å². The molecule has 0 atom stereocenters. The Morgan fingerprint density at radius 2 is 1.79 bits per heavy atom. The number of carbonyl (C=O) groups excluding carboxylic acids is 2. The molecule has 0 radical (unpaired) electrons. The van der Waals surface area contributed by atoms with Crippen molar-refractivity contribution in [2.45, 2.75) is 26.2 Å². The van der Waals surface area contributed by atoms with E-state index in [9.17, 15) is 9.59 Å². The van der Waals surface area contributed by atoms with E-state index < -0.39 is 0 Å². The minimum atomic E-state index is -0.204. The van der Waals surface area contributed by atoms with Gasteiger partial charge in [0, 0.05) is 30.8 Å². The number of nitrogens with two attached hydrogens (primary N) is 1. The summed E-state index contributed by atoms with van der Waals surface area (Å²) in [5.74, 6) is 0.307. The summed E-state index contributed by atoms with van der Waals surface area (Å²) in [5.41, 5.74) is 7.11. The summed E-state index contributed by atoms with van der Waals surface area (Å²) in [5, 5.41) is 0. The summed E-state index contributed by atoms with van der Waals surface area (Å²) >= 11 is 0. The first-order valence-corrected chi connectivity index (χ1v) is 6.70. The molecule has 1 fully saturated rings. The monoisotopic (exact) mass is 260 g/mol. The van der Waals surface area contributed by atoms with Gasteiger partial charge in [0.15, 0.2) is 5.78 Å². The van der Waals surface area contributed by atoms with Crippen molar-refractivity contribution in [1.29, 1.82) is 0 Å². The second-order valence-corrected chi connectivity index (χ2v) is 5.20. The number of carbonyl (C=O) groups is 2. The number of ketones is 1. The zero-order chi connectivity index (χ0) is 13.8. The molecule has 2 rings (SSSR count). The lowest BCUT2D eigenvalue weighted by atomic mass is 9.93. The van der Waals surface area contributed by atoms with Crippen LogP contribution in [-0.4, -0.2) is 24.8 Å². The van der Waals surface area contributed by atoms with Crippen molar-refractivity contribution in [2.24, 2.45) is 11.7 Å². The van der Waals surface area contributed by atoms with Gasteiger partial charge in [-0.15, -0.1) is 0 Å². The maximum Gasteiger partial charge on any atom is 0.217 e. The summed E-state index contributed by atoms with van der Waals surface area (Å²) in [6.07, 6.45) is 2.49. The van der Waals surface area contributed by atoms with Gasteiger partial charge in [0.25, 0.3) is 0 Å². The van der Waals surface area contributed by atoms with Crippen molar-refractivity contribution in [2.75, 3.05) is 18.0 Å². The number of hydrogen-bond donors (Lipinski definition) is 1. The highest BCUT2D eigenvalue weighted by Crippen LogP contribution is 2.25. The van der Waals surface area contributed by atoms with Crippen LogP contribution < -0.4 is 10.6 Å². The molecule has 0 spiro atoms. The Balaban J connectivity index is 1.94. The number of rotatable bonds is 4. The van der Waals surface area contributed by atoms with Crippen molar-refractivity contribution >= 4 is 17.4 Å². The van der Waals surface area contributed by atoms with E-state index in [1.807, 2.05) is 24.3 Å². The Labute approximate surface area is 113 Å². The van der Waals surface area contributed by atoms with Crippen LogP contribution in [0.5, 0.6) is 0 Å².